The van der Waals surface area contributed by atoms with Crippen molar-refractivity contribution in [1.29, 1.82) is 0 Å². The van der Waals surface area contributed by atoms with Crippen LogP contribution in [0.15, 0.2) is 127 Å². The molecule has 0 unspecified atom stereocenters. The number of nitrogens with zero attached hydrogens (tertiary/aromatic N) is 1. The zero-order valence-corrected chi connectivity index (χ0v) is 20.6. The Balaban J connectivity index is 1.60. The Morgan fingerprint density at radius 1 is 0.556 bits per heavy atom. The van der Waals surface area contributed by atoms with Crippen molar-refractivity contribution in [1.82, 2.24) is 0 Å². The highest BCUT2D eigenvalue weighted by Gasteiger charge is 2.18. The van der Waals surface area contributed by atoms with Gasteiger partial charge in [-0.05, 0) is 70.3 Å². The molecule has 0 amide bonds. The highest BCUT2D eigenvalue weighted by atomic mass is 35.5. The second kappa shape index (κ2) is 9.41. The molecule has 3 heteroatoms. The molecule has 6 aromatic rings. The molecule has 36 heavy (non-hydrogen) atoms. The van der Waals surface area contributed by atoms with E-state index in [0.717, 1.165) is 44.7 Å². The van der Waals surface area contributed by atoms with E-state index in [1.807, 2.05) is 18.2 Å². The molecule has 0 heterocycles. The van der Waals surface area contributed by atoms with Gasteiger partial charge in [-0.2, -0.15) is 0 Å². The Labute approximate surface area is 216 Å². The van der Waals surface area contributed by atoms with Gasteiger partial charge in [-0.3, -0.25) is 0 Å². The molecular weight excluding hydrogens is 462 g/mol. The molecular formula is C33H24ClNO. The van der Waals surface area contributed by atoms with E-state index in [1.165, 1.54) is 10.8 Å². The fourth-order valence-corrected chi connectivity index (χ4v) is 5.08. The SMILES string of the molecule is COc1cc(Cl)ccc1-c1ccc(N(c2ccccc2)c2ccc3ccccc3c2)c2ccccc12. The van der Waals surface area contributed by atoms with Crippen molar-refractivity contribution < 1.29 is 4.74 Å². The molecule has 0 N–H and O–H groups in total. The van der Waals surface area contributed by atoms with Crippen molar-refractivity contribution in [2.24, 2.45) is 0 Å². The normalized spacial score (nSPS) is 11.1. The maximum atomic E-state index is 6.26. The standard InChI is InChI=1S/C33H24ClNO/c1-36-33-22-25(34)16-18-31(33)29-19-20-32(30-14-8-7-13-28(29)30)35(26-11-3-2-4-12-26)27-17-15-23-9-5-6-10-24(23)21-27/h2-22H,1H3. The minimum Gasteiger partial charge on any atom is -0.496 e. The monoisotopic (exact) mass is 485 g/mol. The van der Waals surface area contributed by atoms with Crippen molar-refractivity contribution in [2.75, 3.05) is 12.0 Å². The fourth-order valence-electron chi connectivity index (χ4n) is 4.92. The van der Waals surface area contributed by atoms with E-state index in [0.29, 0.717) is 5.02 Å². The quantitative estimate of drug-likeness (QED) is 0.241. The highest BCUT2D eigenvalue weighted by molar-refractivity contribution is 6.30. The smallest absolute Gasteiger partial charge is 0.128 e. The summed E-state index contributed by atoms with van der Waals surface area (Å²) in [4.78, 5) is 2.33. The summed E-state index contributed by atoms with van der Waals surface area (Å²) in [5.41, 5.74) is 5.46. The molecule has 0 saturated heterocycles. The van der Waals surface area contributed by atoms with Gasteiger partial charge in [0.05, 0.1) is 12.8 Å². The zero-order chi connectivity index (χ0) is 24.5. The van der Waals surface area contributed by atoms with Crippen LogP contribution in [0.5, 0.6) is 5.75 Å². The van der Waals surface area contributed by atoms with Gasteiger partial charge in [-0.1, -0.05) is 90.5 Å². The predicted octanol–water partition coefficient (Wildman–Crippen LogP) is 9.79. The molecule has 0 aromatic heterocycles. The Hall–Kier alpha value is -4.27. The molecule has 0 fully saturated rings. The topological polar surface area (TPSA) is 12.5 Å². The average molecular weight is 486 g/mol. The minimum atomic E-state index is 0.656. The van der Waals surface area contributed by atoms with Gasteiger partial charge >= 0.3 is 0 Å². The summed E-state index contributed by atoms with van der Waals surface area (Å²) in [6, 6.07) is 44.4. The fraction of sp³-hybridized carbons (Fsp3) is 0.0303. The Bertz CT molecular complexity index is 1690. The van der Waals surface area contributed by atoms with Crippen LogP contribution in [0, 0.1) is 0 Å². The van der Waals surface area contributed by atoms with E-state index >= 15 is 0 Å². The molecule has 0 bridgehead atoms. The second-order valence-corrected chi connectivity index (χ2v) is 9.16. The number of hydrogen-bond acceptors (Lipinski definition) is 2. The third-order valence-electron chi connectivity index (χ3n) is 6.60. The number of benzene rings is 6. The van der Waals surface area contributed by atoms with Crippen LogP contribution in [0.25, 0.3) is 32.7 Å². The molecule has 6 aromatic carbocycles. The number of anilines is 3. The lowest BCUT2D eigenvalue weighted by Gasteiger charge is -2.28. The van der Waals surface area contributed by atoms with Crippen molar-refractivity contribution in [3.05, 3.63) is 132 Å². The van der Waals surface area contributed by atoms with Gasteiger partial charge in [0.1, 0.15) is 5.75 Å². The first kappa shape index (κ1) is 22.2. The largest absolute Gasteiger partial charge is 0.496 e. The lowest BCUT2D eigenvalue weighted by atomic mass is 9.95. The van der Waals surface area contributed by atoms with Gasteiger partial charge in [0.2, 0.25) is 0 Å². The summed E-state index contributed by atoms with van der Waals surface area (Å²) in [5, 5.41) is 5.40. The van der Waals surface area contributed by atoms with Gasteiger partial charge in [0, 0.05) is 27.3 Å². The van der Waals surface area contributed by atoms with Gasteiger partial charge in [0.15, 0.2) is 0 Å². The molecule has 0 atom stereocenters. The second-order valence-electron chi connectivity index (χ2n) is 8.72. The number of hydrogen-bond donors (Lipinski definition) is 0. The molecule has 0 aliphatic carbocycles. The third kappa shape index (κ3) is 3.96. The van der Waals surface area contributed by atoms with Crippen molar-refractivity contribution in [3.8, 4) is 16.9 Å². The van der Waals surface area contributed by atoms with Crippen LogP contribution >= 0.6 is 11.6 Å². The number of fused-ring (bicyclic) bond motifs is 2. The molecule has 0 aliphatic rings. The molecule has 0 radical (unpaired) electrons. The van der Waals surface area contributed by atoms with E-state index in [9.17, 15) is 0 Å². The van der Waals surface area contributed by atoms with Crippen LogP contribution in [-0.2, 0) is 0 Å². The Kier molecular flexibility index (Phi) is 5.80. The molecule has 0 spiro atoms. The van der Waals surface area contributed by atoms with Crippen LogP contribution in [0.3, 0.4) is 0 Å². The van der Waals surface area contributed by atoms with Gasteiger partial charge in [-0.25, -0.2) is 0 Å². The maximum absolute atomic E-state index is 6.26. The van der Waals surface area contributed by atoms with Crippen LogP contribution in [-0.4, -0.2) is 7.11 Å². The number of rotatable bonds is 5. The Morgan fingerprint density at radius 2 is 1.25 bits per heavy atom. The molecule has 2 nitrogen and oxygen atoms in total. The van der Waals surface area contributed by atoms with Gasteiger partial charge < -0.3 is 9.64 Å². The minimum absolute atomic E-state index is 0.656. The van der Waals surface area contributed by atoms with Crippen LogP contribution in [0.1, 0.15) is 0 Å². The summed E-state index contributed by atoms with van der Waals surface area (Å²) in [7, 11) is 1.68. The van der Waals surface area contributed by atoms with Gasteiger partial charge in [-0.15, -0.1) is 0 Å². The van der Waals surface area contributed by atoms with Crippen molar-refractivity contribution >= 4 is 50.2 Å². The maximum Gasteiger partial charge on any atom is 0.128 e. The first-order valence-corrected chi connectivity index (χ1v) is 12.3. The van der Waals surface area contributed by atoms with Gasteiger partial charge in [0.25, 0.3) is 0 Å². The highest BCUT2D eigenvalue weighted by Crippen LogP contribution is 2.44. The molecule has 6 rings (SSSR count). The Morgan fingerprint density at radius 3 is 2.06 bits per heavy atom. The summed E-state index contributed by atoms with van der Waals surface area (Å²) < 4.78 is 5.69. The van der Waals surface area contributed by atoms with E-state index in [1.54, 1.807) is 7.11 Å². The van der Waals surface area contributed by atoms with E-state index < -0.39 is 0 Å². The molecule has 0 saturated carbocycles. The summed E-state index contributed by atoms with van der Waals surface area (Å²) in [5.74, 6) is 0.759. The predicted molar refractivity (Wildman–Crippen MR) is 153 cm³/mol. The van der Waals surface area contributed by atoms with Crippen LogP contribution in [0.2, 0.25) is 5.02 Å². The first-order chi connectivity index (χ1) is 17.7. The molecule has 174 valence electrons. The number of halogens is 1. The lowest BCUT2D eigenvalue weighted by molar-refractivity contribution is 0.416. The van der Waals surface area contributed by atoms with Crippen molar-refractivity contribution in [3.63, 3.8) is 0 Å². The summed E-state index contributed by atoms with van der Waals surface area (Å²) in [6.07, 6.45) is 0. The third-order valence-corrected chi connectivity index (χ3v) is 6.84. The van der Waals surface area contributed by atoms with E-state index in [2.05, 4.69) is 114 Å². The summed E-state index contributed by atoms with van der Waals surface area (Å²) >= 11 is 6.26. The zero-order valence-electron chi connectivity index (χ0n) is 19.9. The van der Waals surface area contributed by atoms with E-state index in [-0.39, 0.29) is 0 Å². The summed E-state index contributed by atoms with van der Waals surface area (Å²) in [6.45, 7) is 0. The van der Waals surface area contributed by atoms with E-state index in [4.69, 9.17) is 16.3 Å². The number of ether oxygens (including phenoxy) is 1. The van der Waals surface area contributed by atoms with Crippen LogP contribution < -0.4 is 9.64 Å². The molecule has 0 aliphatic heterocycles. The lowest BCUT2D eigenvalue weighted by Crippen LogP contribution is -2.10. The van der Waals surface area contributed by atoms with Crippen LogP contribution in [0.4, 0.5) is 17.1 Å². The number of methoxy groups -OCH3 is 1. The van der Waals surface area contributed by atoms with Crippen molar-refractivity contribution in [2.45, 2.75) is 0 Å². The first-order valence-electron chi connectivity index (χ1n) is 11.9. The number of para-hydroxylation sites is 1. The average Bonchev–Trinajstić information content (AvgIpc) is 2.94.